The van der Waals surface area contributed by atoms with Crippen LogP contribution in [0.3, 0.4) is 0 Å². The zero-order valence-electron chi connectivity index (χ0n) is 13.1. The monoisotopic (exact) mass is 349 g/mol. The van der Waals surface area contributed by atoms with Crippen molar-refractivity contribution in [3.63, 3.8) is 0 Å². The number of hydrogen-bond acceptors (Lipinski definition) is 11. The van der Waals surface area contributed by atoms with Gasteiger partial charge in [-0.15, -0.1) is 0 Å². The molecule has 1 aliphatic rings. The average Bonchev–Trinajstić information content (AvgIpc) is 2.85. The molecule has 1 rings (SSSR count). The topological polar surface area (TPSA) is 207 Å². The number of nitrogens with one attached hydrogen (secondary N) is 1. The van der Waals surface area contributed by atoms with E-state index in [0.717, 1.165) is 0 Å². The molecule has 4 atom stereocenters. The highest BCUT2D eigenvalue weighted by atomic mass is 16.6. The molecule has 0 aromatic carbocycles. The molecule has 0 radical (unpaired) electrons. The minimum Gasteiger partial charge on any atom is -0.465 e. The maximum absolute atomic E-state index is 12.1. The fourth-order valence-corrected chi connectivity index (χ4v) is 1.95. The smallest absolute Gasteiger partial charge is 0.325 e. The molecule has 0 spiro atoms. The third-order valence-electron chi connectivity index (χ3n) is 3.27. The molecular formula is C12H23N5O7. The summed E-state index contributed by atoms with van der Waals surface area (Å²) in [6, 6.07) is 0. The largest absolute Gasteiger partial charge is 0.465 e. The Morgan fingerprint density at radius 2 is 1.92 bits per heavy atom. The summed E-state index contributed by atoms with van der Waals surface area (Å²) in [6.45, 7) is 0.917. The number of carbonyl (C=O) groups excluding carboxylic acids is 2. The highest BCUT2D eigenvalue weighted by molar-refractivity contribution is 5.92. The number of rotatable bonds is 7. The van der Waals surface area contributed by atoms with Gasteiger partial charge in [-0.25, -0.2) is 10.9 Å². The summed E-state index contributed by atoms with van der Waals surface area (Å²) in [5.74, 6) is 3.61. The number of esters is 1. The molecule has 0 aromatic rings. The molecule has 1 fully saturated rings. The van der Waals surface area contributed by atoms with Crippen LogP contribution in [0.1, 0.15) is 6.92 Å². The summed E-state index contributed by atoms with van der Waals surface area (Å²) in [4.78, 5) is 23.3. The highest BCUT2D eigenvalue weighted by Gasteiger charge is 2.46. The van der Waals surface area contributed by atoms with E-state index in [1.54, 1.807) is 6.92 Å². The lowest BCUT2D eigenvalue weighted by atomic mass is 10.1. The van der Waals surface area contributed by atoms with E-state index in [9.17, 15) is 19.8 Å². The van der Waals surface area contributed by atoms with Crippen LogP contribution in [0.2, 0.25) is 0 Å². The van der Waals surface area contributed by atoms with Crippen molar-refractivity contribution >= 4 is 11.9 Å². The first-order chi connectivity index (χ1) is 11.2. The number of hydrazine groups is 1. The van der Waals surface area contributed by atoms with E-state index < -0.39 is 48.7 Å². The zero-order valence-corrected chi connectivity index (χ0v) is 13.1. The van der Waals surface area contributed by atoms with Crippen LogP contribution < -0.4 is 22.6 Å². The Hall–Kier alpha value is -2.12. The Morgan fingerprint density at radius 3 is 2.42 bits per heavy atom. The molecule has 138 valence electrons. The van der Waals surface area contributed by atoms with Crippen LogP contribution in [-0.4, -0.2) is 76.5 Å². The number of hydrogen-bond donors (Lipinski definition) is 7. The van der Waals surface area contributed by atoms with Gasteiger partial charge in [-0.05, 0) is 6.92 Å². The Kier molecular flexibility index (Phi) is 7.18. The van der Waals surface area contributed by atoms with Crippen LogP contribution >= 0.6 is 0 Å². The maximum atomic E-state index is 12.1. The van der Waals surface area contributed by atoms with Crippen molar-refractivity contribution in [1.82, 2.24) is 10.3 Å². The van der Waals surface area contributed by atoms with E-state index in [2.05, 4.69) is 10.1 Å². The second kappa shape index (κ2) is 8.65. The molecule has 0 saturated carbocycles. The Balaban J connectivity index is 2.73. The van der Waals surface area contributed by atoms with Crippen LogP contribution in [0.15, 0.2) is 11.5 Å². The number of ether oxygens (including phenoxy) is 2. The van der Waals surface area contributed by atoms with Gasteiger partial charge in [0, 0.05) is 0 Å². The van der Waals surface area contributed by atoms with Crippen molar-refractivity contribution in [2.45, 2.75) is 31.5 Å². The van der Waals surface area contributed by atoms with E-state index in [1.807, 2.05) is 0 Å². The lowest BCUT2D eigenvalue weighted by Crippen LogP contribution is -2.53. The fraction of sp³-hybridized carbons (Fsp3) is 0.667. The highest BCUT2D eigenvalue weighted by Crippen LogP contribution is 2.22. The minimum absolute atomic E-state index is 0.181. The van der Waals surface area contributed by atoms with Crippen LogP contribution in [0, 0.1) is 0 Å². The molecule has 0 bridgehead atoms. The SMILES string of the molecule is CCOC(=O)CN/C(N)=C(\N)C(=O)N(N)C1OC(CO)C(O)C1O. The van der Waals surface area contributed by atoms with Crippen molar-refractivity contribution < 1.29 is 34.4 Å². The summed E-state index contributed by atoms with van der Waals surface area (Å²) >= 11 is 0. The van der Waals surface area contributed by atoms with Crippen molar-refractivity contribution in [3.05, 3.63) is 11.5 Å². The first-order valence-corrected chi connectivity index (χ1v) is 7.09. The van der Waals surface area contributed by atoms with Crippen LogP contribution in [0.25, 0.3) is 0 Å². The van der Waals surface area contributed by atoms with Crippen molar-refractivity contribution in [1.29, 1.82) is 0 Å². The number of nitrogens with two attached hydrogens (primary N) is 3. The molecule has 1 saturated heterocycles. The number of nitrogens with zero attached hydrogens (tertiary/aromatic N) is 1. The molecule has 0 aliphatic carbocycles. The normalized spacial score (nSPS) is 27.4. The first-order valence-electron chi connectivity index (χ1n) is 7.09. The predicted octanol–water partition coefficient (Wildman–Crippen LogP) is -4.63. The van der Waals surface area contributed by atoms with E-state index in [1.165, 1.54) is 0 Å². The first kappa shape index (κ1) is 19.9. The molecule has 12 nitrogen and oxygen atoms in total. The van der Waals surface area contributed by atoms with Crippen molar-refractivity contribution in [3.8, 4) is 0 Å². The fourth-order valence-electron chi connectivity index (χ4n) is 1.95. The Bertz CT molecular complexity index is 500. The standard InChI is InChI=1S/C12H23N5O7/c1-2-23-6(19)3-16-10(14)7(13)11(22)17(15)12-9(21)8(20)5(4-18)24-12/h5,8-9,12,16,18,20-21H,2-4,13-15H2,1H3/b10-7-. The second-order valence-electron chi connectivity index (χ2n) is 4.93. The van der Waals surface area contributed by atoms with Gasteiger partial charge in [-0.3, -0.25) is 9.59 Å². The lowest BCUT2D eigenvalue weighted by Gasteiger charge is -2.26. The third-order valence-corrected chi connectivity index (χ3v) is 3.27. The summed E-state index contributed by atoms with van der Waals surface area (Å²) < 4.78 is 9.76. The van der Waals surface area contributed by atoms with Gasteiger partial charge >= 0.3 is 5.97 Å². The van der Waals surface area contributed by atoms with E-state index in [4.69, 9.17) is 27.2 Å². The van der Waals surface area contributed by atoms with Crippen LogP contribution in [-0.2, 0) is 19.1 Å². The van der Waals surface area contributed by atoms with E-state index >= 15 is 0 Å². The van der Waals surface area contributed by atoms with Crippen molar-refractivity contribution in [2.75, 3.05) is 19.8 Å². The second-order valence-corrected chi connectivity index (χ2v) is 4.93. The third kappa shape index (κ3) is 4.46. The summed E-state index contributed by atoms with van der Waals surface area (Å²) in [7, 11) is 0. The van der Waals surface area contributed by atoms with E-state index in [0.29, 0.717) is 5.01 Å². The molecule has 1 amide bonds. The molecule has 4 unspecified atom stereocenters. The van der Waals surface area contributed by atoms with Crippen LogP contribution in [0.4, 0.5) is 0 Å². The van der Waals surface area contributed by atoms with E-state index in [-0.39, 0.29) is 19.0 Å². The Morgan fingerprint density at radius 1 is 1.29 bits per heavy atom. The number of amides is 1. The summed E-state index contributed by atoms with van der Waals surface area (Å²) in [5.41, 5.74) is 10.6. The molecule has 1 aliphatic heterocycles. The number of aliphatic hydroxyl groups excluding tert-OH is 3. The quantitative estimate of drug-likeness (QED) is 0.0764. The van der Waals surface area contributed by atoms with Gasteiger partial charge in [-0.2, -0.15) is 0 Å². The van der Waals surface area contributed by atoms with Crippen LogP contribution in [0.5, 0.6) is 0 Å². The van der Waals surface area contributed by atoms with Gasteiger partial charge in [0.25, 0.3) is 5.91 Å². The molecule has 24 heavy (non-hydrogen) atoms. The summed E-state index contributed by atoms with van der Waals surface area (Å²) in [6.07, 6.45) is -5.50. The molecule has 0 aromatic heterocycles. The Labute approximate surface area is 137 Å². The number of aliphatic hydroxyl groups is 3. The molecule has 10 N–H and O–H groups in total. The lowest BCUT2D eigenvalue weighted by molar-refractivity contribution is -0.150. The maximum Gasteiger partial charge on any atom is 0.325 e. The van der Waals surface area contributed by atoms with Gasteiger partial charge < -0.3 is 41.6 Å². The van der Waals surface area contributed by atoms with Gasteiger partial charge in [-0.1, -0.05) is 0 Å². The predicted molar refractivity (Wildman–Crippen MR) is 78.8 cm³/mol. The molecule has 12 heteroatoms. The average molecular weight is 349 g/mol. The van der Waals surface area contributed by atoms with Crippen molar-refractivity contribution in [2.24, 2.45) is 17.3 Å². The molecular weight excluding hydrogens is 326 g/mol. The summed E-state index contributed by atoms with van der Waals surface area (Å²) in [5, 5.41) is 31.3. The molecule has 1 heterocycles. The van der Waals surface area contributed by atoms with Gasteiger partial charge in [0.1, 0.15) is 36.4 Å². The van der Waals surface area contributed by atoms with Gasteiger partial charge in [0.05, 0.1) is 13.2 Å². The minimum atomic E-state index is -1.54. The van der Waals surface area contributed by atoms with Gasteiger partial charge in [0.15, 0.2) is 6.23 Å². The zero-order chi connectivity index (χ0) is 18.4. The number of carbonyl (C=O) groups is 2. The van der Waals surface area contributed by atoms with Gasteiger partial charge in [0.2, 0.25) is 0 Å².